The van der Waals surface area contributed by atoms with Crippen LogP contribution >= 0.6 is 0 Å². The van der Waals surface area contributed by atoms with Crippen LogP contribution < -0.4 is 10.2 Å². The molecule has 6 nitrogen and oxygen atoms in total. The number of anilines is 1. The molecule has 2 heterocycles. The fraction of sp³-hybridized carbons (Fsp3) is 0.529. The molecule has 7 heteroatoms. The molecule has 3 rings (SSSR count). The van der Waals surface area contributed by atoms with Gasteiger partial charge in [0.15, 0.2) is 0 Å². The predicted molar refractivity (Wildman–Crippen MR) is 91.0 cm³/mol. The Kier molecular flexibility index (Phi) is 4.34. The van der Waals surface area contributed by atoms with Gasteiger partial charge < -0.3 is 19.9 Å². The number of carbonyl (C=O) groups excluding carboxylic acids is 1. The molecule has 0 radical (unpaired) electrons. The molecule has 2 aromatic rings. The van der Waals surface area contributed by atoms with Gasteiger partial charge in [0.25, 0.3) is 0 Å². The first-order valence-corrected chi connectivity index (χ1v) is 8.15. The van der Waals surface area contributed by atoms with Gasteiger partial charge in [0.05, 0.1) is 17.1 Å². The lowest BCUT2D eigenvalue weighted by Gasteiger charge is -2.35. The van der Waals surface area contributed by atoms with E-state index in [1.54, 1.807) is 20.8 Å². The van der Waals surface area contributed by atoms with Crippen molar-refractivity contribution in [2.45, 2.75) is 45.0 Å². The van der Waals surface area contributed by atoms with Gasteiger partial charge in [-0.1, -0.05) is 12.1 Å². The number of benzene rings is 1. The van der Waals surface area contributed by atoms with Crippen LogP contribution in [0.15, 0.2) is 24.3 Å². The van der Waals surface area contributed by atoms with Crippen molar-refractivity contribution in [3.05, 3.63) is 24.3 Å². The van der Waals surface area contributed by atoms with E-state index in [2.05, 4.69) is 15.3 Å². The van der Waals surface area contributed by atoms with Gasteiger partial charge in [0.2, 0.25) is 5.95 Å². The lowest BCUT2D eigenvalue weighted by atomic mass is 10.0. The number of nitrogens with one attached hydrogen (secondary N) is 2. The molecule has 1 fully saturated rings. The molecule has 1 saturated heterocycles. The van der Waals surface area contributed by atoms with E-state index in [-0.39, 0.29) is 0 Å². The van der Waals surface area contributed by atoms with E-state index in [0.29, 0.717) is 25.5 Å². The van der Waals surface area contributed by atoms with Crippen molar-refractivity contribution in [2.24, 2.45) is 0 Å². The highest BCUT2D eigenvalue weighted by Crippen LogP contribution is 2.22. The van der Waals surface area contributed by atoms with Gasteiger partial charge in [-0.05, 0) is 39.3 Å². The van der Waals surface area contributed by atoms with Gasteiger partial charge in [-0.15, -0.1) is 0 Å². The number of amides is 1. The number of alkyl carbamates (subject to hydrolysis) is 1. The monoisotopic (exact) mass is 334 g/mol. The molecule has 0 saturated carbocycles. The maximum atomic E-state index is 14.2. The fourth-order valence-electron chi connectivity index (χ4n) is 2.80. The van der Waals surface area contributed by atoms with Crippen LogP contribution in [0.25, 0.3) is 11.0 Å². The maximum absolute atomic E-state index is 14.2. The normalized spacial score (nSPS) is 21.8. The van der Waals surface area contributed by atoms with E-state index < -0.39 is 23.9 Å². The van der Waals surface area contributed by atoms with Crippen LogP contribution in [0.4, 0.5) is 15.1 Å². The maximum Gasteiger partial charge on any atom is 0.408 e. The van der Waals surface area contributed by atoms with Crippen molar-refractivity contribution in [3.8, 4) is 0 Å². The molecule has 1 aromatic carbocycles. The van der Waals surface area contributed by atoms with Gasteiger partial charge in [-0.25, -0.2) is 14.2 Å². The molecule has 130 valence electrons. The molecular formula is C17H23FN4O2. The van der Waals surface area contributed by atoms with E-state index in [1.807, 2.05) is 29.2 Å². The van der Waals surface area contributed by atoms with E-state index in [9.17, 15) is 9.18 Å². The number of halogens is 1. The van der Waals surface area contributed by atoms with Crippen molar-refractivity contribution in [2.75, 3.05) is 18.0 Å². The molecule has 0 spiro atoms. The van der Waals surface area contributed by atoms with Crippen LogP contribution in [0.1, 0.15) is 27.2 Å². The Morgan fingerprint density at radius 3 is 2.88 bits per heavy atom. The molecule has 1 aliphatic heterocycles. The fourth-order valence-corrected chi connectivity index (χ4v) is 2.80. The number of rotatable bonds is 2. The summed E-state index contributed by atoms with van der Waals surface area (Å²) in [5.74, 6) is 0.694. The second-order valence-corrected chi connectivity index (χ2v) is 7.08. The number of ether oxygens (including phenoxy) is 1. The number of aromatic amines is 1. The van der Waals surface area contributed by atoms with Crippen LogP contribution in [0.5, 0.6) is 0 Å². The van der Waals surface area contributed by atoms with Crippen molar-refractivity contribution in [1.82, 2.24) is 15.3 Å². The van der Waals surface area contributed by atoms with E-state index in [4.69, 9.17) is 4.74 Å². The molecule has 1 aliphatic rings. The van der Waals surface area contributed by atoms with Crippen molar-refractivity contribution < 1.29 is 13.9 Å². The Morgan fingerprint density at radius 1 is 1.42 bits per heavy atom. The highest BCUT2D eigenvalue weighted by Gasteiger charge is 2.32. The molecule has 1 aromatic heterocycles. The largest absolute Gasteiger partial charge is 0.444 e. The molecule has 2 N–H and O–H groups in total. The van der Waals surface area contributed by atoms with E-state index in [0.717, 1.165) is 11.0 Å². The zero-order valence-electron chi connectivity index (χ0n) is 14.2. The first kappa shape index (κ1) is 16.5. The van der Waals surface area contributed by atoms with Gasteiger partial charge >= 0.3 is 6.09 Å². The Hall–Kier alpha value is -2.31. The lowest BCUT2D eigenvalue weighted by Crippen LogP contribution is -2.54. The average Bonchev–Trinajstić information content (AvgIpc) is 2.91. The highest BCUT2D eigenvalue weighted by atomic mass is 19.1. The number of fused-ring (bicyclic) bond motifs is 1. The molecule has 1 amide bonds. The molecule has 0 unspecified atom stereocenters. The highest BCUT2D eigenvalue weighted by molar-refractivity contribution is 5.77. The third-order valence-electron chi connectivity index (χ3n) is 3.91. The number of hydrogen-bond donors (Lipinski definition) is 2. The summed E-state index contributed by atoms with van der Waals surface area (Å²) >= 11 is 0. The van der Waals surface area contributed by atoms with Crippen molar-refractivity contribution in [1.29, 1.82) is 0 Å². The number of hydrogen-bond acceptors (Lipinski definition) is 4. The lowest BCUT2D eigenvalue weighted by molar-refractivity contribution is 0.0465. The second kappa shape index (κ2) is 6.30. The van der Waals surface area contributed by atoms with Crippen molar-refractivity contribution >= 4 is 23.1 Å². The number of nitrogens with zero attached hydrogens (tertiary/aromatic N) is 2. The summed E-state index contributed by atoms with van der Waals surface area (Å²) in [6.07, 6.45) is -1.36. The molecule has 2 atom stereocenters. The number of para-hydroxylation sites is 2. The SMILES string of the molecule is CC(C)(C)OC(=O)N[C@@H]1CN(c2nc3ccccc3[nH]2)CC[C@@H]1F. The number of carbonyl (C=O) groups is 1. The van der Waals surface area contributed by atoms with Gasteiger partial charge in [0, 0.05) is 13.1 Å². The summed E-state index contributed by atoms with van der Waals surface area (Å²) in [4.78, 5) is 21.7. The number of imidazole rings is 1. The van der Waals surface area contributed by atoms with E-state index in [1.165, 1.54) is 0 Å². The molecule has 24 heavy (non-hydrogen) atoms. The minimum Gasteiger partial charge on any atom is -0.444 e. The zero-order chi connectivity index (χ0) is 17.3. The Bertz CT molecular complexity index is 692. The quantitative estimate of drug-likeness (QED) is 0.886. The predicted octanol–water partition coefficient (Wildman–Crippen LogP) is 3.00. The number of piperidine rings is 1. The first-order valence-electron chi connectivity index (χ1n) is 8.15. The summed E-state index contributed by atoms with van der Waals surface area (Å²) < 4.78 is 19.4. The van der Waals surface area contributed by atoms with Crippen LogP contribution in [0, 0.1) is 0 Å². The van der Waals surface area contributed by atoms with E-state index >= 15 is 0 Å². The third kappa shape index (κ3) is 3.77. The summed E-state index contributed by atoms with van der Waals surface area (Å²) in [6, 6.07) is 7.11. The molecule has 0 aliphatic carbocycles. The zero-order valence-corrected chi connectivity index (χ0v) is 14.2. The van der Waals surface area contributed by atoms with Crippen LogP contribution in [0.2, 0.25) is 0 Å². The molecule has 0 bridgehead atoms. The molecular weight excluding hydrogens is 311 g/mol. The average molecular weight is 334 g/mol. The minimum absolute atomic E-state index is 0.331. The Labute approximate surface area is 140 Å². The summed E-state index contributed by atoms with van der Waals surface area (Å²) in [5.41, 5.74) is 1.20. The second-order valence-electron chi connectivity index (χ2n) is 7.08. The van der Waals surface area contributed by atoms with Gasteiger partial charge in [0.1, 0.15) is 11.8 Å². The number of H-pyrrole nitrogens is 1. The first-order chi connectivity index (χ1) is 11.3. The van der Waals surface area contributed by atoms with Gasteiger partial charge in [-0.3, -0.25) is 0 Å². The van der Waals surface area contributed by atoms with Gasteiger partial charge in [-0.2, -0.15) is 0 Å². The summed E-state index contributed by atoms with van der Waals surface area (Å²) in [5, 5.41) is 2.64. The number of alkyl halides is 1. The topological polar surface area (TPSA) is 70.2 Å². The Balaban J connectivity index is 1.69. The Morgan fingerprint density at radius 2 is 2.17 bits per heavy atom. The van der Waals surface area contributed by atoms with Crippen LogP contribution in [0.3, 0.4) is 0 Å². The summed E-state index contributed by atoms with van der Waals surface area (Å²) in [7, 11) is 0. The standard InChI is InChI=1S/C17H23FN4O2/c1-17(2,3)24-16(23)21-14-10-22(9-8-11(14)18)15-19-12-6-4-5-7-13(12)20-15/h4-7,11,14H,8-10H2,1-3H3,(H,19,20)(H,21,23)/t11-,14+/m0/s1. The smallest absolute Gasteiger partial charge is 0.408 e. The van der Waals surface area contributed by atoms with Crippen LogP contribution in [-0.2, 0) is 4.74 Å². The van der Waals surface area contributed by atoms with Crippen LogP contribution in [-0.4, -0.2) is 47.0 Å². The minimum atomic E-state index is -1.10. The number of aromatic nitrogens is 2. The third-order valence-corrected chi connectivity index (χ3v) is 3.91. The van der Waals surface area contributed by atoms with Crippen molar-refractivity contribution in [3.63, 3.8) is 0 Å². The summed E-state index contributed by atoms with van der Waals surface area (Å²) in [6.45, 7) is 6.23.